The number of thiazole rings is 1. The highest BCUT2D eigenvalue weighted by atomic mass is 79.9. The van der Waals surface area contributed by atoms with Crippen LogP contribution in [-0.2, 0) is 15.6 Å². The van der Waals surface area contributed by atoms with Crippen LogP contribution in [0.15, 0.2) is 32.9 Å². The summed E-state index contributed by atoms with van der Waals surface area (Å²) in [5.74, 6) is 0. The first-order valence-corrected chi connectivity index (χ1v) is 10.4. The van der Waals surface area contributed by atoms with E-state index in [1.54, 1.807) is 11.4 Å². The Morgan fingerprint density at radius 3 is 2.61 bits per heavy atom. The van der Waals surface area contributed by atoms with Gasteiger partial charge in [0.05, 0.1) is 10.7 Å². The Morgan fingerprint density at radius 1 is 1.39 bits per heavy atom. The van der Waals surface area contributed by atoms with E-state index in [4.69, 9.17) is 11.6 Å². The summed E-state index contributed by atoms with van der Waals surface area (Å²) in [4.78, 5) is 4.18. The van der Waals surface area contributed by atoms with Crippen molar-refractivity contribution in [2.24, 2.45) is 0 Å². The highest BCUT2D eigenvalue weighted by Gasteiger charge is 2.28. The maximum absolute atomic E-state index is 12.4. The molecule has 0 aliphatic rings. The first-order chi connectivity index (χ1) is 10.7. The van der Waals surface area contributed by atoms with E-state index in [1.165, 1.54) is 12.1 Å². The van der Waals surface area contributed by atoms with Gasteiger partial charge in [0, 0.05) is 9.85 Å². The van der Waals surface area contributed by atoms with E-state index in [-0.39, 0.29) is 15.0 Å². The number of halogens is 2. The quantitative estimate of drug-likeness (QED) is 0.700. The fraction of sp³-hybridized carbons (Fsp3) is 0.357. The Hall–Kier alpha value is -0.670. The van der Waals surface area contributed by atoms with Crippen LogP contribution < -0.4 is 4.72 Å². The first kappa shape index (κ1) is 18.7. The van der Waals surface area contributed by atoms with Crippen LogP contribution >= 0.6 is 38.9 Å². The SMILES string of the molecule is CCC(O)(CC)c1csc(NS(=O)(=O)c2ccc(Br)cc2Cl)n1. The molecule has 2 rings (SSSR count). The van der Waals surface area contributed by atoms with Gasteiger partial charge in [0.2, 0.25) is 0 Å². The molecule has 0 radical (unpaired) electrons. The smallest absolute Gasteiger partial charge is 0.265 e. The first-order valence-electron chi connectivity index (χ1n) is 6.88. The molecule has 1 aromatic heterocycles. The summed E-state index contributed by atoms with van der Waals surface area (Å²) in [6.45, 7) is 3.71. The molecule has 0 bridgehead atoms. The molecule has 0 saturated carbocycles. The van der Waals surface area contributed by atoms with Crippen LogP contribution in [0.2, 0.25) is 5.02 Å². The third-order valence-corrected chi connectivity index (χ3v) is 6.76. The molecule has 0 unspecified atom stereocenters. The van der Waals surface area contributed by atoms with Crippen molar-refractivity contribution < 1.29 is 13.5 Å². The van der Waals surface area contributed by atoms with E-state index in [0.29, 0.717) is 23.0 Å². The number of hydrogen-bond acceptors (Lipinski definition) is 5. The fourth-order valence-electron chi connectivity index (χ4n) is 2.01. The van der Waals surface area contributed by atoms with E-state index in [9.17, 15) is 13.5 Å². The van der Waals surface area contributed by atoms with Crippen LogP contribution in [0.3, 0.4) is 0 Å². The molecule has 0 aliphatic heterocycles. The van der Waals surface area contributed by atoms with E-state index in [1.807, 2.05) is 13.8 Å². The lowest BCUT2D eigenvalue weighted by Gasteiger charge is -2.22. The van der Waals surface area contributed by atoms with Gasteiger partial charge in [0.1, 0.15) is 10.5 Å². The predicted molar refractivity (Wildman–Crippen MR) is 96.6 cm³/mol. The van der Waals surface area contributed by atoms with Crippen molar-refractivity contribution in [3.05, 3.63) is 38.8 Å². The molecular weight excluding hydrogens is 424 g/mol. The second-order valence-corrected chi connectivity index (χ2v) is 8.79. The number of aromatic nitrogens is 1. The van der Waals surface area contributed by atoms with E-state index in [2.05, 4.69) is 25.6 Å². The summed E-state index contributed by atoms with van der Waals surface area (Å²) < 4.78 is 27.9. The highest BCUT2D eigenvalue weighted by Crippen LogP contribution is 2.32. The van der Waals surface area contributed by atoms with Gasteiger partial charge in [-0.05, 0) is 31.0 Å². The monoisotopic (exact) mass is 438 g/mol. The minimum atomic E-state index is -3.84. The van der Waals surface area contributed by atoms with Crippen molar-refractivity contribution in [3.8, 4) is 0 Å². The van der Waals surface area contributed by atoms with Crippen LogP contribution in [0, 0.1) is 0 Å². The molecule has 9 heteroatoms. The Kier molecular flexibility index (Phi) is 5.73. The highest BCUT2D eigenvalue weighted by molar-refractivity contribution is 9.10. The zero-order valence-corrected chi connectivity index (χ0v) is 16.5. The number of rotatable bonds is 6. The molecule has 0 saturated heterocycles. The van der Waals surface area contributed by atoms with E-state index < -0.39 is 15.6 Å². The Labute approximate surface area is 152 Å². The van der Waals surface area contributed by atoms with Gasteiger partial charge in [-0.2, -0.15) is 0 Å². The van der Waals surface area contributed by atoms with Gasteiger partial charge in [0.15, 0.2) is 5.13 Å². The lowest BCUT2D eigenvalue weighted by Crippen LogP contribution is -2.24. The lowest BCUT2D eigenvalue weighted by molar-refractivity contribution is 0.0247. The van der Waals surface area contributed by atoms with Gasteiger partial charge >= 0.3 is 0 Å². The molecule has 0 aliphatic carbocycles. The second kappa shape index (κ2) is 7.06. The third-order valence-electron chi connectivity index (χ3n) is 3.56. The summed E-state index contributed by atoms with van der Waals surface area (Å²) in [5.41, 5.74) is -0.581. The molecular formula is C14H16BrClN2O3S2. The van der Waals surface area contributed by atoms with Gasteiger partial charge < -0.3 is 5.11 Å². The van der Waals surface area contributed by atoms with Crippen molar-refractivity contribution in [2.45, 2.75) is 37.2 Å². The van der Waals surface area contributed by atoms with Crippen LogP contribution in [-0.4, -0.2) is 18.5 Å². The molecule has 5 nitrogen and oxygen atoms in total. The summed E-state index contributed by atoms with van der Waals surface area (Å²) >= 11 is 10.4. The molecule has 2 aromatic rings. The molecule has 1 heterocycles. The predicted octanol–water partition coefficient (Wildman–Crippen LogP) is 4.37. The number of hydrogen-bond donors (Lipinski definition) is 2. The zero-order chi connectivity index (χ0) is 17.3. The van der Waals surface area contributed by atoms with E-state index >= 15 is 0 Å². The topological polar surface area (TPSA) is 79.3 Å². The van der Waals surface area contributed by atoms with Gasteiger partial charge in [0.25, 0.3) is 10.0 Å². The minimum absolute atomic E-state index is 0.0274. The maximum atomic E-state index is 12.4. The Morgan fingerprint density at radius 2 is 2.04 bits per heavy atom. The summed E-state index contributed by atoms with van der Waals surface area (Å²) in [7, 11) is -3.84. The van der Waals surface area contributed by atoms with Crippen molar-refractivity contribution in [1.29, 1.82) is 0 Å². The van der Waals surface area contributed by atoms with Crippen LogP contribution in [0.1, 0.15) is 32.4 Å². The van der Waals surface area contributed by atoms with Crippen molar-refractivity contribution >= 4 is 54.0 Å². The number of anilines is 1. The Bertz CT molecular complexity index is 804. The van der Waals surface area contributed by atoms with Gasteiger partial charge in [-0.15, -0.1) is 11.3 Å². The number of nitrogens with one attached hydrogen (secondary N) is 1. The minimum Gasteiger partial charge on any atom is -0.384 e. The largest absolute Gasteiger partial charge is 0.384 e. The van der Waals surface area contributed by atoms with Crippen molar-refractivity contribution in [2.75, 3.05) is 4.72 Å². The van der Waals surface area contributed by atoms with Gasteiger partial charge in [-0.3, -0.25) is 4.72 Å². The summed E-state index contributed by atoms with van der Waals surface area (Å²) in [6.07, 6.45) is 0.996. The average molecular weight is 440 g/mol. The number of sulfonamides is 1. The standard InChI is InChI=1S/C14H16BrClN2O3S2/c1-3-14(19,4-2)12-8-22-13(17-12)18-23(20,21)11-6-5-9(15)7-10(11)16/h5-8,19H,3-4H2,1-2H3,(H,17,18). The Balaban J connectivity index is 2.30. The number of nitrogens with zero attached hydrogens (tertiary/aromatic N) is 1. The molecule has 23 heavy (non-hydrogen) atoms. The fourth-order valence-corrected chi connectivity index (χ4v) is 5.10. The molecule has 1 aromatic carbocycles. The maximum Gasteiger partial charge on any atom is 0.265 e. The third kappa shape index (κ3) is 4.06. The molecule has 0 atom stereocenters. The molecule has 2 N–H and O–H groups in total. The van der Waals surface area contributed by atoms with Gasteiger partial charge in [-0.25, -0.2) is 13.4 Å². The molecule has 0 fully saturated rings. The summed E-state index contributed by atoms with van der Waals surface area (Å²) in [6, 6.07) is 4.52. The molecule has 0 amide bonds. The number of aliphatic hydroxyl groups is 1. The average Bonchev–Trinajstić information content (AvgIpc) is 2.94. The van der Waals surface area contributed by atoms with Crippen molar-refractivity contribution in [3.63, 3.8) is 0 Å². The van der Waals surface area contributed by atoms with Crippen molar-refractivity contribution in [1.82, 2.24) is 4.98 Å². The number of benzene rings is 1. The van der Waals surface area contributed by atoms with Crippen LogP contribution in [0.5, 0.6) is 0 Å². The summed E-state index contributed by atoms with van der Waals surface area (Å²) in [5, 5.41) is 12.4. The van der Waals surface area contributed by atoms with Crippen LogP contribution in [0.4, 0.5) is 5.13 Å². The van der Waals surface area contributed by atoms with Crippen LogP contribution in [0.25, 0.3) is 0 Å². The zero-order valence-electron chi connectivity index (χ0n) is 12.5. The molecule has 126 valence electrons. The van der Waals surface area contributed by atoms with Gasteiger partial charge in [-0.1, -0.05) is 41.4 Å². The lowest BCUT2D eigenvalue weighted by atomic mass is 9.94. The second-order valence-electron chi connectivity index (χ2n) is 4.96. The van der Waals surface area contributed by atoms with E-state index in [0.717, 1.165) is 11.3 Å². The molecule has 0 spiro atoms. The normalized spacial score (nSPS) is 12.4.